The van der Waals surface area contributed by atoms with Crippen molar-refractivity contribution in [1.82, 2.24) is 14.8 Å². The maximum Gasteiger partial charge on any atom is 0.265 e. The van der Waals surface area contributed by atoms with Gasteiger partial charge in [0.1, 0.15) is 5.69 Å². The van der Waals surface area contributed by atoms with Crippen molar-refractivity contribution >= 4 is 33.3 Å². The highest BCUT2D eigenvalue weighted by molar-refractivity contribution is 7.85. The van der Waals surface area contributed by atoms with Gasteiger partial charge in [0.25, 0.3) is 10.1 Å². The first-order valence-electron chi connectivity index (χ1n) is 7.15. The molecule has 0 aliphatic carbocycles. The average Bonchev–Trinajstić information content (AvgIpc) is 2.89. The predicted molar refractivity (Wildman–Crippen MR) is 90.0 cm³/mol. The molecule has 0 bridgehead atoms. The third kappa shape index (κ3) is 4.31. The van der Waals surface area contributed by atoms with Gasteiger partial charge in [-0.3, -0.25) is 14.3 Å². The first kappa shape index (κ1) is 18.4. The zero-order chi connectivity index (χ0) is 17.9. The van der Waals surface area contributed by atoms with Crippen LogP contribution in [0.2, 0.25) is 5.15 Å². The van der Waals surface area contributed by atoms with Crippen molar-refractivity contribution in [3.8, 4) is 5.69 Å². The molecule has 10 heteroatoms. The highest BCUT2D eigenvalue weighted by atomic mass is 35.5. The molecule has 0 aromatic carbocycles. The van der Waals surface area contributed by atoms with E-state index in [-0.39, 0.29) is 11.7 Å². The fourth-order valence-electron chi connectivity index (χ4n) is 2.24. The van der Waals surface area contributed by atoms with E-state index in [1.165, 1.54) is 16.5 Å². The topological polar surface area (TPSA) is 105 Å². The molecule has 0 aliphatic rings. The summed E-state index contributed by atoms with van der Waals surface area (Å²) in [5, 5.41) is 4.25. The van der Waals surface area contributed by atoms with Gasteiger partial charge in [0.2, 0.25) is 5.91 Å². The van der Waals surface area contributed by atoms with Crippen LogP contribution in [0.25, 0.3) is 5.69 Å². The maximum absolute atomic E-state index is 12.5. The van der Waals surface area contributed by atoms with Crippen LogP contribution in [0.15, 0.2) is 30.7 Å². The number of carbonyl (C=O) groups is 1. The second-order valence-electron chi connectivity index (χ2n) is 5.19. The van der Waals surface area contributed by atoms with Gasteiger partial charge in [-0.05, 0) is 19.1 Å². The summed E-state index contributed by atoms with van der Waals surface area (Å²) in [6.45, 7) is 3.43. The molecule has 0 saturated heterocycles. The van der Waals surface area contributed by atoms with E-state index >= 15 is 0 Å². The summed E-state index contributed by atoms with van der Waals surface area (Å²) in [5.74, 6) is -2.04. The van der Waals surface area contributed by atoms with Crippen molar-refractivity contribution in [3.05, 3.63) is 35.9 Å². The Morgan fingerprint density at radius 1 is 1.50 bits per heavy atom. The molecule has 24 heavy (non-hydrogen) atoms. The van der Waals surface area contributed by atoms with E-state index in [4.69, 9.17) is 16.2 Å². The largest absolute Gasteiger partial charge is 0.308 e. The maximum atomic E-state index is 12.5. The fourth-order valence-corrected chi connectivity index (χ4v) is 3.25. The summed E-state index contributed by atoms with van der Waals surface area (Å²) in [6, 6.07) is 3.51. The lowest BCUT2D eigenvalue weighted by Crippen LogP contribution is -2.37. The standard InChI is InChI=1S/C14H17ClN4O4S/c1-3-18(14(20)10(2)9-24(21,22)23)12-8-19(17-13(12)15)11-5-4-6-16-7-11/h4-8,10H,3,9H2,1-2H3,(H,21,22,23). The lowest BCUT2D eigenvalue weighted by molar-refractivity contribution is -0.121. The molecule has 1 unspecified atom stereocenters. The van der Waals surface area contributed by atoms with Crippen LogP contribution in [0, 0.1) is 5.92 Å². The van der Waals surface area contributed by atoms with E-state index in [1.54, 1.807) is 37.6 Å². The molecule has 1 atom stereocenters. The molecule has 0 fully saturated rings. The number of hydrogen-bond donors (Lipinski definition) is 1. The van der Waals surface area contributed by atoms with Gasteiger partial charge in [-0.25, -0.2) is 4.68 Å². The number of rotatable bonds is 6. The SMILES string of the molecule is CCN(C(=O)C(C)CS(=O)(=O)O)c1cn(-c2cccnc2)nc1Cl. The number of pyridine rings is 1. The van der Waals surface area contributed by atoms with Gasteiger partial charge in [0, 0.05) is 12.7 Å². The van der Waals surface area contributed by atoms with Crippen LogP contribution in [0.3, 0.4) is 0 Å². The molecule has 0 saturated carbocycles. The van der Waals surface area contributed by atoms with Crippen LogP contribution in [-0.4, -0.2) is 45.9 Å². The van der Waals surface area contributed by atoms with Gasteiger partial charge >= 0.3 is 0 Å². The number of hydrogen-bond acceptors (Lipinski definition) is 5. The monoisotopic (exact) mass is 372 g/mol. The first-order valence-corrected chi connectivity index (χ1v) is 9.13. The molecular formula is C14H17ClN4O4S. The lowest BCUT2D eigenvalue weighted by atomic mass is 10.2. The van der Waals surface area contributed by atoms with Crippen LogP contribution in [0.5, 0.6) is 0 Å². The summed E-state index contributed by atoms with van der Waals surface area (Å²) < 4.78 is 32.4. The van der Waals surface area contributed by atoms with Gasteiger partial charge in [0.05, 0.1) is 29.8 Å². The quantitative estimate of drug-likeness (QED) is 0.775. The molecule has 2 heterocycles. The highest BCUT2D eigenvalue weighted by Gasteiger charge is 2.27. The zero-order valence-electron chi connectivity index (χ0n) is 13.1. The minimum Gasteiger partial charge on any atom is -0.308 e. The van der Waals surface area contributed by atoms with E-state index < -0.39 is 27.7 Å². The van der Waals surface area contributed by atoms with Gasteiger partial charge in [-0.2, -0.15) is 13.5 Å². The first-order chi connectivity index (χ1) is 11.2. The van der Waals surface area contributed by atoms with Crippen molar-refractivity contribution in [2.24, 2.45) is 5.92 Å². The molecule has 1 amide bonds. The fraction of sp³-hybridized carbons (Fsp3) is 0.357. The second kappa shape index (κ2) is 7.29. The lowest BCUT2D eigenvalue weighted by Gasteiger charge is -2.22. The predicted octanol–water partition coefficient (Wildman–Crippen LogP) is 1.80. The van der Waals surface area contributed by atoms with Crippen LogP contribution in [-0.2, 0) is 14.9 Å². The van der Waals surface area contributed by atoms with Crippen molar-refractivity contribution in [1.29, 1.82) is 0 Å². The van der Waals surface area contributed by atoms with Crippen molar-refractivity contribution in [2.75, 3.05) is 17.2 Å². The summed E-state index contributed by atoms with van der Waals surface area (Å²) in [6.07, 6.45) is 4.78. The highest BCUT2D eigenvalue weighted by Crippen LogP contribution is 2.27. The van der Waals surface area contributed by atoms with Crippen molar-refractivity contribution in [3.63, 3.8) is 0 Å². The Labute approximate surface area is 144 Å². The molecule has 0 radical (unpaired) electrons. The van der Waals surface area contributed by atoms with Crippen LogP contribution < -0.4 is 4.90 Å². The summed E-state index contributed by atoms with van der Waals surface area (Å²) in [7, 11) is -4.25. The smallest absolute Gasteiger partial charge is 0.265 e. The molecule has 130 valence electrons. The number of carbonyl (C=O) groups excluding carboxylic acids is 1. The van der Waals surface area contributed by atoms with Gasteiger partial charge in [-0.15, -0.1) is 0 Å². The molecule has 8 nitrogen and oxygen atoms in total. The second-order valence-corrected chi connectivity index (χ2v) is 7.05. The molecule has 2 rings (SSSR count). The van der Waals surface area contributed by atoms with Crippen molar-refractivity contribution < 1.29 is 17.8 Å². The zero-order valence-corrected chi connectivity index (χ0v) is 14.7. The number of nitrogens with zero attached hydrogens (tertiary/aromatic N) is 4. The molecule has 0 spiro atoms. The Morgan fingerprint density at radius 2 is 2.21 bits per heavy atom. The van der Waals surface area contributed by atoms with Gasteiger partial charge in [-0.1, -0.05) is 18.5 Å². The Hall–Kier alpha value is -1.97. The van der Waals surface area contributed by atoms with Gasteiger partial charge < -0.3 is 4.90 Å². The van der Waals surface area contributed by atoms with Crippen LogP contribution in [0.4, 0.5) is 5.69 Å². The van der Waals surface area contributed by atoms with E-state index in [9.17, 15) is 13.2 Å². The van der Waals surface area contributed by atoms with Crippen LogP contribution >= 0.6 is 11.6 Å². The molecule has 2 aromatic rings. The average molecular weight is 373 g/mol. The van der Waals surface area contributed by atoms with Crippen molar-refractivity contribution in [2.45, 2.75) is 13.8 Å². The normalized spacial score (nSPS) is 12.8. The van der Waals surface area contributed by atoms with Gasteiger partial charge in [0.15, 0.2) is 5.15 Å². The number of halogens is 1. The molecule has 0 aliphatic heterocycles. The summed E-state index contributed by atoms with van der Waals surface area (Å²) >= 11 is 6.14. The van der Waals surface area contributed by atoms with Crippen LogP contribution in [0.1, 0.15) is 13.8 Å². The third-order valence-corrected chi connectivity index (χ3v) is 4.51. The van der Waals surface area contributed by atoms with E-state index in [1.807, 2.05) is 0 Å². The minimum absolute atomic E-state index is 0.105. The van der Waals surface area contributed by atoms with E-state index in [0.29, 0.717) is 11.4 Å². The Bertz CT molecular complexity index is 823. The third-order valence-electron chi connectivity index (χ3n) is 3.32. The number of anilines is 1. The molecular weight excluding hydrogens is 356 g/mol. The Morgan fingerprint density at radius 3 is 2.75 bits per heavy atom. The molecule has 1 N–H and O–H groups in total. The summed E-state index contributed by atoms with van der Waals surface area (Å²) in [5.41, 5.74) is 1.02. The number of amides is 1. The van der Waals surface area contributed by atoms with E-state index in [2.05, 4.69) is 10.1 Å². The summed E-state index contributed by atoms with van der Waals surface area (Å²) in [4.78, 5) is 17.8. The Balaban J connectivity index is 2.31. The Kier molecular flexibility index (Phi) is 5.58. The molecule has 2 aromatic heterocycles. The number of aromatic nitrogens is 3. The minimum atomic E-state index is -4.25. The van der Waals surface area contributed by atoms with E-state index in [0.717, 1.165) is 0 Å².